The monoisotopic (exact) mass is 514 g/mol. The summed E-state index contributed by atoms with van der Waals surface area (Å²) in [5.41, 5.74) is 3.63. The van der Waals surface area contributed by atoms with E-state index in [1.807, 2.05) is 11.0 Å². The Labute approximate surface area is 227 Å². The molecule has 1 aromatic heterocycles. The van der Waals surface area contributed by atoms with Crippen LogP contribution in [0.1, 0.15) is 74.7 Å². The Morgan fingerprint density at radius 2 is 1.76 bits per heavy atom. The lowest BCUT2D eigenvalue weighted by Crippen LogP contribution is -2.46. The predicted octanol–water partition coefficient (Wildman–Crippen LogP) is 4.92. The molecule has 4 heterocycles. The minimum atomic E-state index is -0.0209. The Balaban J connectivity index is 1.02. The van der Waals surface area contributed by atoms with Crippen molar-refractivity contribution in [2.75, 3.05) is 26.2 Å². The Bertz CT molecular complexity index is 1120. The van der Waals surface area contributed by atoms with Gasteiger partial charge in [-0.05, 0) is 68.3 Å². The van der Waals surface area contributed by atoms with E-state index in [-0.39, 0.29) is 5.91 Å². The second-order valence-electron chi connectivity index (χ2n) is 12.0. The van der Waals surface area contributed by atoms with Gasteiger partial charge in [0.25, 0.3) is 5.91 Å². The summed E-state index contributed by atoms with van der Waals surface area (Å²) in [4.78, 5) is 32.2. The molecule has 0 radical (unpaired) electrons. The number of hydrogen-bond acceptors (Lipinski definition) is 5. The van der Waals surface area contributed by atoms with Crippen LogP contribution in [0.3, 0.4) is 0 Å². The van der Waals surface area contributed by atoms with Crippen LogP contribution in [0.2, 0.25) is 0 Å². The van der Waals surface area contributed by atoms with E-state index in [1.54, 1.807) is 18.6 Å². The van der Waals surface area contributed by atoms with Crippen molar-refractivity contribution in [1.82, 2.24) is 24.7 Å². The third-order valence-electron chi connectivity index (χ3n) is 9.35. The average molecular weight is 515 g/mol. The largest absolute Gasteiger partial charge is 0.347 e. The van der Waals surface area contributed by atoms with Gasteiger partial charge in [0, 0.05) is 50.7 Å². The minimum Gasteiger partial charge on any atom is -0.347 e. The van der Waals surface area contributed by atoms with Gasteiger partial charge < -0.3 is 14.8 Å². The Hall–Kier alpha value is -2.77. The molecule has 3 aliphatic heterocycles. The van der Waals surface area contributed by atoms with Crippen molar-refractivity contribution < 1.29 is 4.79 Å². The molecule has 2 saturated heterocycles. The second kappa shape index (κ2) is 11.5. The topological polar surface area (TPSA) is 67.8 Å². The third-order valence-corrected chi connectivity index (χ3v) is 9.35. The highest BCUT2D eigenvalue weighted by atomic mass is 16.2. The molecule has 7 nitrogen and oxygen atoms in total. The molecule has 38 heavy (non-hydrogen) atoms. The van der Waals surface area contributed by atoms with Gasteiger partial charge in [0.15, 0.2) is 0 Å². The van der Waals surface area contributed by atoms with Crippen molar-refractivity contribution in [2.24, 2.45) is 10.4 Å². The second-order valence-corrected chi connectivity index (χ2v) is 12.0. The highest BCUT2D eigenvalue weighted by molar-refractivity contribution is 6.39. The molecule has 0 bridgehead atoms. The third kappa shape index (κ3) is 5.94. The number of rotatable bonds is 8. The molecule has 1 spiro atoms. The number of H-pyrrole nitrogens is 1. The van der Waals surface area contributed by atoms with Crippen LogP contribution in [0.25, 0.3) is 0 Å². The SMILES string of the molecule is O=C(C1=NC=CC1)N(Cc1ccc(CN2CCC3(CCN(C4CCCCC4)CC3)C2)cc1)Cc1ncc[nH]1. The Morgan fingerprint density at radius 1 is 1.00 bits per heavy atom. The maximum absolute atomic E-state index is 13.1. The molecular weight excluding hydrogens is 472 g/mol. The molecule has 202 valence electrons. The zero-order valence-corrected chi connectivity index (χ0v) is 22.7. The maximum Gasteiger partial charge on any atom is 0.269 e. The number of carbonyl (C=O) groups excluding carboxylic acids is 1. The first-order chi connectivity index (χ1) is 18.7. The van der Waals surface area contributed by atoms with Crippen molar-refractivity contribution in [1.29, 1.82) is 0 Å². The van der Waals surface area contributed by atoms with Gasteiger partial charge in [0.1, 0.15) is 11.5 Å². The summed E-state index contributed by atoms with van der Waals surface area (Å²) >= 11 is 0. The van der Waals surface area contributed by atoms with Crippen LogP contribution in [0.4, 0.5) is 0 Å². The fraction of sp³-hybridized carbons (Fsp3) is 0.581. The lowest BCUT2D eigenvalue weighted by Gasteiger charge is -2.43. The maximum atomic E-state index is 13.1. The van der Waals surface area contributed by atoms with E-state index in [1.165, 1.54) is 83.1 Å². The number of imidazole rings is 1. The van der Waals surface area contributed by atoms with E-state index in [2.05, 4.69) is 49.0 Å². The fourth-order valence-electron chi connectivity index (χ4n) is 7.06. The number of aromatic nitrogens is 2. The van der Waals surface area contributed by atoms with E-state index in [9.17, 15) is 4.79 Å². The first kappa shape index (κ1) is 25.5. The summed E-state index contributed by atoms with van der Waals surface area (Å²) in [7, 11) is 0. The normalized spacial score (nSPS) is 22.3. The number of aromatic amines is 1. The number of likely N-dealkylation sites (tertiary alicyclic amines) is 2. The van der Waals surface area contributed by atoms with Gasteiger partial charge in [-0.2, -0.15) is 0 Å². The summed E-state index contributed by atoms with van der Waals surface area (Å²) in [6.45, 7) is 7.09. The quantitative estimate of drug-likeness (QED) is 0.543. The molecule has 2 aromatic rings. The highest BCUT2D eigenvalue weighted by Gasteiger charge is 2.41. The van der Waals surface area contributed by atoms with Crippen molar-refractivity contribution in [3.8, 4) is 0 Å². The standard InChI is InChI=1S/C31H42N6O/c38-30(28-7-4-15-32-28)37(23-29-33-16-17-34-29)22-26-10-8-25(9-11-26)21-35-18-12-31(24-35)13-19-36(20-14-31)27-5-2-1-3-6-27/h4,8-11,15-17,27H,1-3,5-7,12-14,18-24H2,(H,33,34). The van der Waals surface area contributed by atoms with Crippen LogP contribution in [0.5, 0.6) is 0 Å². The predicted molar refractivity (Wildman–Crippen MR) is 150 cm³/mol. The number of aliphatic imine (C=N–C) groups is 1. The van der Waals surface area contributed by atoms with Crippen molar-refractivity contribution in [2.45, 2.75) is 83.5 Å². The lowest BCUT2D eigenvalue weighted by molar-refractivity contribution is -0.125. The molecule has 7 heteroatoms. The molecule has 1 aliphatic carbocycles. The van der Waals surface area contributed by atoms with Gasteiger partial charge in [-0.25, -0.2) is 4.98 Å². The number of amides is 1. The molecule has 1 saturated carbocycles. The number of piperidine rings is 1. The van der Waals surface area contributed by atoms with Crippen molar-refractivity contribution in [3.05, 3.63) is 65.9 Å². The van der Waals surface area contributed by atoms with Gasteiger partial charge in [-0.1, -0.05) is 49.6 Å². The molecule has 1 aromatic carbocycles. The molecule has 1 amide bonds. The van der Waals surface area contributed by atoms with Gasteiger partial charge in [-0.15, -0.1) is 0 Å². The highest BCUT2D eigenvalue weighted by Crippen LogP contribution is 2.42. The zero-order chi connectivity index (χ0) is 25.8. The molecule has 3 fully saturated rings. The number of benzene rings is 1. The number of nitrogens with one attached hydrogen (secondary N) is 1. The van der Waals surface area contributed by atoms with E-state index in [4.69, 9.17) is 0 Å². The fourth-order valence-corrected chi connectivity index (χ4v) is 7.06. The molecule has 0 atom stereocenters. The summed E-state index contributed by atoms with van der Waals surface area (Å²) in [6.07, 6.45) is 19.0. The molecule has 0 unspecified atom stereocenters. The molecule has 6 rings (SSSR count). The summed E-state index contributed by atoms with van der Waals surface area (Å²) < 4.78 is 0. The number of carbonyl (C=O) groups is 1. The zero-order valence-electron chi connectivity index (χ0n) is 22.7. The van der Waals surface area contributed by atoms with Gasteiger partial charge in [-0.3, -0.25) is 14.7 Å². The van der Waals surface area contributed by atoms with Crippen LogP contribution in [0, 0.1) is 5.41 Å². The van der Waals surface area contributed by atoms with Crippen LogP contribution >= 0.6 is 0 Å². The Morgan fingerprint density at radius 3 is 2.47 bits per heavy atom. The van der Waals surface area contributed by atoms with E-state index >= 15 is 0 Å². The van der Waals surface area contributed by atoms with Crippen LogP contribution in [0.15, 0.2) is 53.9 Å². The van der Waals surface area contributed by atoms with Gasteiger partial charge >= 0.3 is 0 Å². The average Bonchev–Trinajstić information content (AvgIpc) is 3.74. The summed E-state index contributed by atoms with van der Waals surface area (Å²) in [5.74, 6) is 0.765. The van der Waals surface area contributed by atoms with E-state index in [0.717, 1.165) is 24.0 Å². The Kier molecular flexibility index (Phi) is 7.75. The van der Waals surface area contributed by atoms with Crippen molar-refractivity contribution in [3.63, 3.8) is 0 Å². The van der Waals surface area contributed by atoms with Crippen LogP contribution < -0.4 is 0 Å². The van der Waals surface area contributed by atoms with Crippen molar-refractivity contribution >= 4 is 11.6 Å². The van der Waals surface area contributed by atoms with E-state index in [0.29, 0.717) is 30.6 Å². The number of allylic oxidation sites excluding steroid dienone is 1. The smallest absolute Gasteiger partial charge is 0.269 e. The summed E-state index contributed by atoms with van der Waals surface area (Å²) in [5, 5.41) is 0. The minimum absolute atomic E-state index is 0.0209. The number of nitrogens with zero attached hydrogens (tertiary/aromatic N) is 5. The molecule has 4 aliphatic rings. The number of hydrogen-bond donors (Lipinski definition) is 1. The first-order valence-electron chi connectivity index (χ1n) is 14.7. The first-order valence-corrected chi connectivity index (χ1v) is 14.7. The lowest BCUT2D eigenvalue weighted by atomic mass is 9.77. The molecular formula is C31H42N6O. The molecule has 1 N–H and O–H groups in total. The summed E-state index contributed by atoms with van der Waals surface area (Å²) in [6, 6.07) is 9.72. The van der Waals surface area contributed by atoms with Gasteiger partial charge in [0.05, 0.1) is 6.54 Å². The van der Waals surface area contributed by atoms with E-state index < -0.39 is 0 Å². The van der Waals surface area contributed by atoms with Crippen LogP contribution in [-0.4, -0.2) is 68.5 Å². The van der Waals surface area contributed by atoms with Crippen LogP contribution in [-0.2, 0) is 24.4 Å². The van der Waals surface area contributed by atoms with Gasteiger partial charge in [0.2, 0.25) is 0 Å².